The molecule has 0 unspecified atom stereocenters. The normalized spacial score (nSPS) is 11.6. The maximum atomic E-state index is 11.6. The van der Waals surface area contributed by atoms with Gasteiger partial charge >= 0.3 is 0 Å². The third-order valence-electron chi connectivity index (χ3n) is 3.64. The Morgan fingerprint density at radius 3 is 2.76 bits per heavy atom. The summed E-state index contributed by atoms with van der Waals surface area (Å²) < 4.78 is 24.9. The van der Waals surface area contributed by atoms with E-state index in [-0.39, 0.29) is 16.3 Å². The topological polar surface area (TPSA) is 120 Å². The van der Waals surface area contributed by atoms with Crippen LogP contribution in [0.15, 0.2) is 47.5 Å². The molecule has 25 heavy (non-hydrogen) atoms. The number of sulfone groups is 1. The Morgan fingerprint density at radius 1 is 1.24 bits per heavy atom. The van der Waals surface area contributed by atoms with Gasteiger partial charge in [0.15, 0.2) is 15.5 Å². The molecule has 0 fully saturated rings. The van der Waals surface area contributed by atoms with E-state index in [1.807, 2.05) is 28.8 Å². The molecule has 2 aromatic heterocycles. The molecule has 0 saturated carbocycles. The molecular formula is C15H15N5O4S. The molecule has 1 N–H and O–H groups in total. The molecule has 0 aliphatic rings. The zero-order chi connectivity index (χ0) is 18.0. The molecular weight excluding hydrogens is 346 g/mol. The Morgan fingerprint density at radius 2 is 2.04 bits per heavy atom. The first-order chi connectivity index (χ1) is 11.9. The number of hydrogen-bond acceptors (Lipinski definition) is 7. The fourth-order valence-corrected chi connectivity index (χ4v) is 3.05. The van der Waals surface area contributed by atoms with Crippen LogP contribution in [0.1, 0.15) is 5.82 Å². The number of fused-ring (bicyclic) bond motifs is 1. The molecule has 0 bridgehead atoms. The lowest BCUT2D eigenvalue weighted by Crippen LogP contribution is -2.09. The van der Waals surface area contributed by atoms with E-state index in [9.17, 15) is 18.5 Å². The summed E-state index contributed by atoms with van der Waals surface area (Å²) in [5.41, 5.74) is 0.696. The molecule has 0 spiro atoms. The fraction of sp³-hybridized carbons (Fsp3) is 0.200. The van der Waals surface area contributed by atoms with Crippen LogP contribution in [-0.4, -0.2) is 40.7 Å². The highest BCUT2D eigenvalue weighted by atomic mass is 32.2. The number of anilines is 1. The number of hydrogen-bond donors (Lipinski definition) is 1. The number of nitro benzene ring substituents is 1. The van der Waals surface area contributed by atoms with Crippen molar-refractivity contribution in [3.8, 4) is 0 Å². The van der Waals surface area contributed by atoms with Crippen molar-refractivity contribution in [2.24, 2.45) is 0 Å². The number of aromatic nitrogens is 3. The van der Waals surface area contributed by atoms with Gasteiger partial charge < -0.3 is 5.32 Å². The van der Waals surface area contributed by atoms with E-state index >= 15 is 0 Å². The predicted octanol–water partition coefficient (Wildman–Crippen LogP) is 1.70. The minimum atomic E-state index is -3.51. The predicted molar refractivity (Wildman–Crippen MR) is 91.4 cm³/mol. The summed E-state index contributed by atoms with van der Waals surface area (Å²) >= 11 is 0. The zero-order valence-electron chi connectivity index (χ0n) is 13.3. The first-order valence-corrected chi connectivity index (χ1v) is 9.26. The van der Waals surface area contributed by atoms with Gasteiger partial charge in [-0.2, -0.15) is 0 Å². The third kappa shape index (κ3) is 3.58. The van der Waals surface area contributed by atoms with Crippen molar-refractivity contribution in [1.82, 2.24) is 14.6 Å². The minimum Gasteiger partial charge on any atom is -0.379 e. The van der Waals surface area contributed by atoms with Crippen molar-refractivity contribution in [3.05, 3.63) is 58.5 Å². The lowest BCUT2D eigenvalue weighted by atomic mass is 10.2. The van der Waals surface area contributed by atoms with Gasteiger partial charge in [0.2, 0.25) is 0 Å². The maximum absolute atomic E-state index is 11.6. The Kier molecular flexibility index (Phi) is 4.36. The molecule has 3 aromatic rings. The summed E-state index contributed by atoms with van der Waals surface area (Å²) in [5, 5.41) is 22.3. The number of nitrogens with one attached hydrogen (secondary N) is 1. The van der Waals surface area contributed by atoms with E-state index in [2.05, 4.69) is 15.5 Å². The van der Waals surface area contributed by atoms with Crippen molar-refractivity contribution < 1.29 is 13.3 Å². The van der Waals surface area contributed by atoms with Crippen LogP contribution in [0, 0.1) is 10.1 Å². The number of nitro groups is 1. The maximum Gasteiger partial charge on any atom is 0.293 e. The molecule has 0 radical (unpaired) electrons. The summed E-state index contributed by atoms with van der Waals surface area (Å²) in [6.07, 6.45) is 3.35. The van der Waals surface area contributed by atoms with Crippen LogP contribution in [0.2, 0.25) is 0 Å². The van der Waals surface area contributed by atoms with Crippen LogP contribution in [-0.2, 0) is 16.3 Å². The van der Waals surface area contributed by atoms with E-state index in [1.165, 1.54) is 12.1 Å². The Balaban J connectivity index is 1.78. The van der Waals surface area contributed by atoms with Crippen LogP contribution in [0.3, 0.4) is 0 Å². The monoisotopic (exact) mass is 361 g/mol. The summed E-state index contributed by atoms with van der Waals surface area (Å²) in [7, 11) is -3.51. The van der Waals surface area contributed by atoms with Gasteiger partial charge in [-0.05, 0) is 24.3 Å². The van der Waals surface area contributed by atoms with Crippen LogP contribution < -0.4 is 5.32 Å². The lowest BCUT2D eigenvalue weighted by molar-refractivity contribution is -0.384. The second kappa shape index (κ2) is 6.48. The molecule has 0 amide bonds. The van der Waals surface area contributed by atoms with E-state index in [0.717, 1.165) is 23.8 Å². The summed E-state index contributed by atoms with van der Waals surface area (Å²) in [4.78, 5) is 10.5. The largest absolute Gasteiger partial charge is 0.379 e. The van der Waals surface area contributed by atoms with Crippen molar-refractivity contribution in [1.29, 1.82) is 0 Å². The van der Waals surface area contributed by atoms with Gasteiger partial charge in [-0.15, -0.1) is 10.2 Å². The van der Waals surface area contributed by atoms with Crippen molar-refractivity contribution in [2.75, 3.05) is 18.1 Å². The number of benzene rings is 1. The SMILES string of the molecule is CS(=O)(=O)c1ccc(NCCc2nnc3ccccn23)c([N+](=O)[O-])c1. The van der Waals surface area contributed by atoms with Gasteiger partial charge in [0.1, 0.15) is 11.5 Å². The molecule has 10 heteroatoms. The standard InChI is InChI=1S/C15H15N5O4S/c1-25(23,24)11-5-6-12(13(10-11)20(21)22)16-8-7-15-18-17-14-4-2-3-9-19(14)15/h2-6,9-10,16H,7-8H2,1H3. The van der Waals surface area contributed by atoms with Gasteiger partial charge in [0.05, 0.1) is 9.82 Å². The average Bonchev–Trinajstić information content (AvgIpc) is 2.97. The molecule has 0 aliphatic heterocycles. The highest BCUT2D eigenvalue weighted by Crippen LogP contribution is 2.27. The summed E-state index contributed by atoms with van der Waals surface area (Å²) in [5.74, 6) is 0.721. The molecule has 0 aliphatic carbocycles. The first kappa shape index (κ1) is 16.8. The molecule has 0 atom stereocenters. The smallest absolute Gasteiger partial charge is 0.293 e. The van der Waals surface area contributed by atoms with Crippen LogP contribution >= 0.6 is 0 Å². The van der Waals surface area contributed by atoms with Crippen molar-refractivity contribution in [2.45, 2.75) is 11.3 Å². The number of nitrogens with zero attached hydrogens (tertiary/aromatic N) is 4. The second-order valence-corrected chi connectivity index (χ2v) is 7.45. The fourth-order valence-electron chi connectivity index (χ4n) is 2.41. The lowest BCUT2D eigenvalue weighted by Gasteiger charge is -2.08. The molecule has 0 saturated heterocycles. The highest BCUT2D eigenvalue weighted by Gasteiger charge is 2.18. The molecule has 130 valence electrons. The quantitative estimate of drug-likeness (QED) is 0.524. The molecule has 9 nitrogen and oxygen atoms in total. The Bertz CT molecular complexity index is 1050. The zero-order valence-corrected chi connectivity index (χ0v) is 14.1. The van der Waals surface area contributed by atoms with Gasteiger partial charge in [-0.3, -0.25) is 14.5 Å². The first-order valence-electron chi connectivity index (χ1n) is 7.37. The summed E-state index contributed by atoms with van der Waals surface area (Å²) in [6, 6.07) is 9.36. The third-order valence-corrected chi connectivity index (χ3v) is 4.75. The van der Waals surface area contributed by atoms with Crippen LogP contribution in [0.25, 0.3) is 5.65 Å². The Labute approximate surface area is 143 Å². The second-order valence-electron chi connectivity index (χ2n) is 5.43. The average molecular weight is 361 g/mol. The molecule has 1 aromatic carbocycles. The van der Waals surface area contributed by atoms with Crippen LogP contribution in [0.5, 0.6) is 0 Å². The molecule has 2 heterocycles. The van der Waals surface area contributed by atoms with Crippen LogP contribution in [0.4, 0.5) is 11.4 Å². The van der Waals surface area contributed by atoms with Gasteiger partial charge in [0.25, 0.3) is 5.69 Å². The number of rotatable bonds is 6. The van der Waals surface area contributed by atoms with Gasteiger partial charge in [0, 0.05) is 31.5 Å². The number of pyridine rings is 1. The van der Waals surface area contributed by atoms with E-state index < -0.39 is 14.8 Å². The Hall–Kier alpha value is -3.01. The van der Waals surface area contributed by atoms with Gasteiger partial charge in [-0.1, -0.05) is 6.07 Å². The molecule has 3 rings (SSSR count). The highest BCUT2D eigenvalue weighted by molar-refractivity contribution is 7.90. The van der Waals surface area contributed by atoms with Gasteiger partial charge in [-0.25, -0.2) is 8.42 Å². The van der Waals surface area contributed by atoms with E-state index in [1.54, 1.807) is 0 Å². The van der Waals surface area contributed by atoms with Crippen molar-refractivity contribution in [3.63, 3.8) is 0 Å². The van der Waals surface area contributed by atoms with E-state index in [0.29, 0.717) is 13.0 Å². The summed E-state index contributed by atoms with van der Waals surface area (Å²) in [6.45, 7) is 0.384. The van der Waals surface area contributed by atoms with Crippen molar-refractivity contribution >= 4 is 26.9 Å². The van der Waals surface area contributed by atoms with E-state index in [4.69, 9.17) is 0 Å². The minimum absolute atomic E-state index is 0.0896.